The lowest BCUT2D eigenvalue weighted by atomic mass is 10.1. The van der Waals surface area contributed by atoms with Gasteiger partial charge in [-0.05, 0) is 32.9 Å². The third-order valence-corrected chi connectivity index (χ3v) is 3.48. The highest BCUT2D eigenvalue weighted by Gasteiger charge is 2.24. The van der Waals surface area contributed by atoms with Crippen LogP contribution < -0.4 is 5.73 Å². The van der Waals surface area contributed by atoms with Crippen molar-refractivity contribution in [3.63, 3.8) is 0 Å². The fraction of sp³-hybridized carbons (Fsp3) is 0.727. The minimum atomic E-state index is 0.189. The Hall–Kier alpha value is -0.580. The van der Waals surface area contributed by atoms with Gasteiger partial charge < -0.3 is 10.7 Å². The maximum absolute atomic E-state index is 6.11. The van der Waals surface area contributed by atoms with E-state index >= 15 is 0 Å². The highest BCUT2D eigenvalue weighted by molar-refractivity contribution is 6.30. The molecular formula is C11H19ClN4. The van der Waals surface area contributed by atoms with Crippen LogP contribution >= 0.6 is 11.6 Å². The van der Waals surface area contributed by atoms with Gasteiger partial charge in [0, 0.05) is 6.54 Å². The smallest absolute Gasteiger partial charge is 0.152 e. The Morgan fingerprint density at radius 3 is 2.62 bits per heavy atom. The molecule has 0 bridgehead atoms. The monoisotopic (exact) mass is 242 g/mol. The molecule has 0 amide bonds. The number of piperidine rings is 1. The van der Waals surface area contributed by atoms with Crippen molar-refractivity contribution < 1.29 is 0 Å². The van der Waals surface area contributed by atoms with Gasteiger partial charge in [0.1, 0.15) is 5.82 Å². The SMILES string of the molecule is Cc1nc(Cl)c(C(CN)N2CCCCC2)[nH]1. The summed E-state index contributed by atoms with van der Waals surface area (Å²) in [7, 11) is 0. The molecule has 1 aliphatic heterocycles. The molecule has 1 fully saturated rings. The van der Waals surface area contributed by atoms with Crippen LogP contribution in [0.4, 0.5) is 0 Å². The summed E-state index contributed by atoms with van der Waals surface area (Å²) in [5.41, 5.74) is 6.84. The van der Waals surface area contributed by atoms with Crippen molar-refractivity contribution >= 4 is 11.6 Å². The van der Waals surface area contributed by atoms with E-state index in [-0.39, 0.29) is 6.04 Å². The molecule has 1 aromatic rings. The summed E-state index contributed by atoms with van der Waals surface area (Å²) in [4.78, 5) is 9.84. The Morgan fingerprint density at radius 2 is 2.12 bits per heavy atom. The van der Waals surface area contributed by atoms with E-state index in [1.54, 1.807) is 0 Å². The molecule has 16 heavy (non-hydrogen) atoms. The average Bonchev–Trinajstić information content (AvgIpc) is 2.61. The number of hydrogen-bond donors (Lipinski definition) is 2. The van der Waals surface area contributed by atoms with Gasteiger partial charge in [-0.2, -0.15) is 0 Å². The average molecular weight is 243 g/mol. The zero-order valence-electron chi connectivity index (χ0n) is 9.67. The largest absolute Gasteiger partial charge is 0.343 e. The normalized spacial score (nSPS) is 19.9. The number of nitrogens with one attached hydrogen (secondary N) is 1. The van der Waals surface area contributed by atoms with E-state index < -0.39 is 0 Å². The predicted molar refractivity (Wildman–Crippen MR) is 65.6 cm³/mol. The van der Waals surface area contributed by atoms with Gasteiger partial charge in [-0.25, -0.2) is 4.98 Å². The molecule has 1 saturated heterocycles. The summed E-state index contributed by atoms with van der Waals surface area (Å²) in [6.07, 6.45) is 3.83. The lowest BCUT2D eigenvalue weighted by Gasteiger charge is -2.33. The van der Waals surface area contributed by atoms with E-state index in [0.717, 1.165) is 24.6 Å². The second kappa shape index (κ2) is 5.17. The van der Waals surface area contributed by atoms with E-state index in [4.69, 9.17) is 17.3 Å². The minimum absolute atomic E-state index is 0.189. The second-order valence-electron chi connectivity index (χ2n) is 4.37. The molecule has 5 heteroatoms. The van der Waals surface area contributed by atoms with Crippen molar-refractivity contribution in [3.8, 4) is 0 Å². The minimum Gasteiger partial charge on any atom is -0.343 e. The molecule has 0 saturated carbocycles. The van der Waals surface area contributed by atoms with Gasteiger partial charge in [0.2, 0.25) is 0 Å². The molecule has 1 aromatic heterocycles. The Bertz CT molecular complexity index is 344. The van der Waals surface area contributed by atoms with E-state index in [1.807, 2.05) is 6.92 Å². The van der Waals surface area contributed by atoms with Crippen LogP contribution in [0.2, 0.25) is 5.15 Å². The van der Waals surface area contributed by atoms with Crippen molar-refractivity contribution in [2.24, 2.45) is 5.73 Å². The number of H-pyrrole nitrogens is 1. The number of hydrogen-bond acceptors (Lipinski definition) is 3. The van der Waals surface area contributed by atoms with Gasteiger partial charge in [0.25, 0.3) is 0 Å². The number of aromatic nitrogens is 2. The molecule has 2 heterocycles. The number of aromatic amines is 1. The molecule has 0 aromatic carbocycles. The molecule has 1 unspecified atom stereocenters. The first-order valence-electron chi connectivity index (χ1n) is 5.88. The number of halogens is 1. The van der Waals surface area contributed by atoms with E-state index in [0.29, 0.717) is 11.7 Å². The van der Waals surface area contributed by atoms with Gasteiger partial charge in [-0.15, -0.1) is 0 Å². The van der Waals surface area contributed by atoms with Crippen LogP contribution in [-0.2, 0) is 0 Å². The standard InChI is InChI=1S/C11H19ClN4/c1-8-14-10(11(12)15-8)9(7-13)16-5-3-2-4-6-16/h9H,2-7,13H2,1H3,(H,14,15). The van der Waals surface area contributed by atoms with Crippen LogP contribution in [-0.4, -0.2) is 34.5 Å². The number of rotatable bonds is 3. The molecule has 0 spiro atoms. The van der Waals surface area contributed by atoms with E-state index in [1.165, 1.54) is 19.3 Å². The lowest BCUT2D eigenvalue weighted by molar-refractivity contribution is 0.165. The second-order valence-corrected chi connectivity index (χ2v) is 4.73. The number of nitrogens with zero attached hydrogens (tertiary/aromatic N) is 2. The summed E-state index contributed by atoms with van der Waals surface area (Å²) in [6, 6.07) is 0.189. The highest BCUT2D eigenvalue weighted by Crippen LogP contribution is 2.27. The van der Waals surface area contributed by atoms with Crippen LogP contribution in [0, 0.1) is 6.92 Å². The predicted octanol–water partition coefficient (Wildman–Crippen LogP) is 1.86. The summed E-state index contributed by atoms with van der Waals surface area (Å²) in [5, 5.41) is 0.568. The summed E-state index contributed by atoms with van der Waals surface area (Å²) < 4.78 is 0. The van der Waals surface area contributed by atoms with Gasteiger partial charge in [-0.1, -0.05) is 18.0 Å². The number of aryl methyl sites for hydroxylation is 1. The maximum atomic E-state index is 6.11. The summed E-state index contributed by atoms with van der Waals surface area (Å²) in [6.45, 7) is 4.72. The zero-order valence-corrected chi connectivity index (χ0v) is 10.4. The molecule has 4 nitrogen and oxygen atoms in total. The van der Waals surface area contributed by atoms with Crippen LogP contribution in [0.5, 0.6) is 0 Å². The van der Waals surface area contributed by atoms with Crippen LogP contribution in [0.25, 0.3) is 0 Å². The molecule has 2 rings (SSSR count). The fourth-order valence-electron chi connectivity index (χ4n) is 2.38. The molecule has 1 aliphatic rings. The quantitative estimate of drug-likeness (QED) is 0.851. The molecule has 1 atom stereocenters. The highest BCUT2D eigenvalue weighted by atomic mass is 35.5. The first-order valence-corrected chi connectivity index (χ1v) is 6.26. The Labute approximate surface area is 101 Å². The third kappa shape index (κ3) is 2.39. The molecule has 0 aliphatic carbocycles. The fourth-order valence-corrected chi connectivity index (χ4v) is 2.68. The topological polar surface area (TPSA) is 57.9 Å². The van der Waals surface area contributed by atoms with Crippen LogP contribution in [0.15, 0.2) is 0 Å². The van der Waals surface area contributed by atoms with Gasteiger partial charge in [0.05, 0.1) is 11.7 Å². The van der Waals surface area contributed by atoms with Crippen molar-refractivity contribution in [2.75, 3.05) is 19.6 Å². The van der Waals surface area contributed by atoms with Crippen molar-refractivity contribution in [2.45, 2.75) is 32.2 Å². The van der Waals surface area contributed by atoms with Gasteiger partial charge in [0.15, 0.2) is 5.15 Å². The summed E-state index contributed by atoms with van der Waals surface area (Å²) >= 11 is 6.11. The van der Waals surface area contributed by atoms with Gasteiger partial charge >= 0.3 is 0 Å². The van der Waals surface area contributed by atoms with Crippen molar-refractivity contribution in [3.05, 3.63) is 16.7 Å². The Morgan fingerprint density at radius 1 is 1.44 bits per heavy atom. The third-order valence-electron chi connectivity index (χ3n) is 3.19. The van der Waals surface area contributed by atoms with Crippen molar-refractivity contribution in [1.82, 2.24) is 14.9 Å². The van der Waals surface area contributed by atoms with Crippen molar-refractivity contribution in [1.29, 1.82) is 0 Å². The van der Waals surface area contributed by atoms with E-state index in [2.05, 4.69) is 14.9 Å². The number of nitrogens with two attached hydrogens (primary N) is 1. The Balaban J connectivity index is 2.17. The van der Waals surface area contributed by atoms with Crippen LogP contribution in [0.3, 0.4) is 0 Å². The van der Waals surface area contributed by atoms with E-state index in [9.17, 15) is 0 Å². The first-order chi connectivity index (χ1) is 7.72. The molecular weight excluding hydrogens is 224 g/mol. The zero-order chi connectivity index (χ0) is 11.5. The lowest BCUT2D eigenvalue weighted by Crippen LogP contribution is -2.37. The maximum Gasteiger partial charge on any atom is 0.152 e. The molecule has 90 valence electrons. The van der Waals surface area contributed by atoms with Gasteiger partial charge in [-0.3, -0.25) is 4.90 Å². The number of likely N-dealkylation sites (tertiary alicyclic amines) is 1. The number of imidazole rings is 1. The first kappa shape index (κ1) is 11.9. The summed E-state index contributed by atoms with van der Waals surface area (Å²) in [5.74, 6) is 0.857. The Kier molecular flexibility index (Phi) is 3.84. The molecule has 0 radical (unpaired) electrons. The van der Waals surface area contributed by atoms with Crippen LogP contribution in [0.1, 0.15) is 36.8 Å². The molecule has 3 N–H and O–H groups in total.